The molecule has 11 heteroatoms. The summed E-state index contributed by atoms with van der Waals surface area (Å²) in [6, 6.07) is 6.10. The molecule has 0 radical (unpaired) electrons. The number of carbonyl (C=O) groups excluding carboxylic acids is 1. The van der Waals surface area contributed by atoms with E-state index in [0.717, 1.165) is 12.1 Å². The minimum absolute atomic E-state index is 0.00374. The highest BCUT2D eigenvalue weighted by Gasteiger charge is 2.52. The molecule has 0 N–H and O–H groups in total. The number of rotatable bonds is 7. The van der Waals surface area contributed by atoms with Gasteiger partial charge in [0.1, 0.15) is 5.75 Å². The topological polar surface area (TPSA) is 89.5 Å². The standard InChI is InChI=1S/C16H16F3N3O4S/c1-2-3-5-14(23)22(27(24,25)16(17,18)19)12-6-8-13(9-7-12)26-15-20-10-4-11-21-15/h4,6-11H,2-3,5H2,1H3. The van der Waals surface area contributed by atoms with Crippen LogP contribution < -0.4 is 9.04 Å². The Balaban J connectivity index is 2.34. The third-order valence-corrected chi connectivity index (χ3v) is 4.81. The second kappa shape index (κ2) is 8.33. The zero-order chi connectivity index (χ0) is 20.1. The first kappa shape index (κ1) is 20.6. The van der Waals surface area contributed by atoms with Gasteiger partial charge in [0.15, 0.2) is 0 Å². The van der Waals surface area contributed by atoms with E-state index in [1.165, 1.54) is 24.5 Å². The van der Waals surface area contributed by atoms with E-state index in [4.69, 9.17) is 4.74 Å². The molecule has 1 aromatic heterocycles. The number of unbranched alkanes of at least 4 members (excludes halogenated alkanes) is 1. The Morgan fingerprint density at radius 2 is 1.74 bits per heavy atom. The van der Waals surface area contributed by atoms with Crippen LogP contribution in [0.15, 0.2) is 42.7 Å². The number of aromatic nitrogens is 2. The van der Waals surface area contributed by atoms with E-state index in [9.17, 15) is 26.4 Å². The first-order chi connectivity index (χ1) is 12.7. The molecule has 0 atom stereocenters. The SMILES string of the molecule is CCCCC(=O)N(c1ccc(Oc2ncccn2)cc1)S(=O)(=O)C(F)(F)F. The number of carbonyl (C=O) groups is 1. The van der Waals surface area contributed by atoms with E-state index in [0.29, 0.717) is 6.42 Å². The number of hydrogen-bond acceptors (Lipinski definition) is 6. The van der Waals surface area contributed by atoms with Crippen molar-refractivity contribution in [2.75, 3.05) is 4.31 Å². The molecule has 0 spiro atoms. The van der Waals surface area contributed by atoms with E-state index in [2.05, 4.69) is 9.97 Å². The average molecular weight is 403 g/mol. The fourth-order valence-corrected chi connectivity index (χ4v) is 3.01. The van der Waals surface area contributed by atoms with Crippen LogP contribution in [0, 0.1) is 0 Å². The maximum Gasteiger partial charge on any atom is 0.517 e. The first-order valence-electron chi connectivity index (χ1n) is 7.86. The number of benzene rings is 1. The first-order valence-corrected chi connectivity index (χ1v) is 9.30. The molecule has 1 heterocycles. The summed E-state index contributed by atoms with van der Waals surface area (Å²) in [4.78, 5) is 19.8. The van der Waals surface area contributed by atoms with Gasteiger partial charge in [-0.15, -0.1) is 0 Å². The fourth-order valence-electron chi connectivity index (χ4n) is 2.04. The number of amides is 1. The zero-order valence-electron chi connectivity index (χ0n) is 14.2. The van der Waals surface area contributed by atoms with E-state index in [-0.39, 0.29) is 28.9 Å². The van der Waals surface area contributed by atoms with Crippen LogP contribution in [0.4, 0.5) is 18.9 Å². The van der Waals surface area contributed by atoms with Gasteiger partial charge in [0, 0.05) is 18.8 Å². The summed E-state index contributed by atoms with van der Waals surface area (Å²) in [6.45, 7) is 1.73. The Bertz CT molecular complexity index is 872. The van der Waals surface area contributed by atoms with Crippen molar-refractivity contribution in [1.29, 1.82) is 0 Å². The van der Waals surface area contributed by atoms with Crippen LogP contribution in [0.25, 0.3) is 0 Å². The minimum Gasteiger partial charge on any atom is -0.424 e. The van der Waals surface area contributed by atoms with Gasteiger partial charge >= 0.3 is 21.5 Å². The van der Waals surface area contributed by atoms with Crippen molar-refractivity contribution in [1.82, 2.24) is 9.97 Å². The zero-order valence-corrected chi connectivity index (χ0v) is 15.0. The number of nitrogens with zero attached hydrogens (tertiary/aromatic N) is 3. The van der Waals surface area contributed by atoms with E-state index >= 15 is 0 Å². The van der Waals surface area contributed by atoms with E-state index < -0.39 is 27.1 Å². The smallest absolute Gasteiger partial charge is 0.424 e. The van der Waals surface area contributed by atoms with Crippen LogP contribution >= 0.6 is 0 Å². The molecule has 2 rings (SSSR count). The quantitative estimate of drug-likeness (QED) is 0.701. The summed E-state index contributed by atoms with van der Waals surface area (Å²) in [7, 11) is -5.87. The summed E-state index contributed by atoms with van der Waals surface area (Å²) in [5, 5.41) is 0. The largest absolute Gasteiger partial charge is 0.517 e. The van der Waals surface area contributed by atoms with Gasteiger partial charge in [-0.1, -0.05) is 13.3 Å². The van der Waals surface area contributed by atoms with Gasteiger partial charge in [0.25, 0.3) is 0 Å². The molecule has 7 nitrogen and oxygen atoms in total. The van der Waals surface area contributed by atoms with Crippen molar-refractivity contribution in [3.8, 4) is 11.8 Å². The van der Waals surface area contributed by atoms with Crippen LogP contribution in [0.2, 0.25) is 0 Å². The maximum atomic E-state index is 13.0. The monoisotopic (exact) mass is 403 g/mol. The number of ether oxygens (including phenoxy) is 1. The van der Waals surface area contributed by atoms with Gasteiger partial charge in [0.2, 0.25) is 5.91 Å². The number of halogens is 3. The normalized spacial score (nSPS) is 11.9. The second-order valence-corrected chi connectivity index (χ2v) is 7.12. The van der Waals surface area contributed by atoms with Crippen molar-refractivity contribution < 1.29 is 31.1 Å². The molecule has 0 unspecified atom stereocenters. The molecule has 0 aliphatic heterocycles. The molecule has 0 saturated heterocycles. The Kier molecular flexibility index (Phi) is 6.37. The lowest BCUT2D eigenvalue weighted by atomic mass is 10.2. The van der Waals surface area contributed by atoms with E-state index in [1.54, 1.807) is 13.0 Å². The van der Waals surface area contributed by atoms with Gasteiger partial charge in [-0.2, -0.15) is 25.9 Å². The molecule has 1 aromatic carbocycles. The third kappa shape index (κ3) is 4.94. The van der Waals surface area contributed by atoms with Gasteiger partial charge < -0.3 is 4.74 Å². The van der Waals surface area contributed by atoms with E-state index in [1.807, 2.05) is 0 Å². The van der Waals surface area contributed by atoms with Gasteiger partial charge in [-0.05, 0) is 36.8 Å². The summed E-state index contributed by atoms with van der Waals surface area (Å²) in [6.07, 6.45) is 3.31. The Morgan fingerprint density at radius 3 is 2.26 bits per heavy atom. The van der Waals surface area contributed by atoms with Crippen LogP contribution in [0.1, 0.15) is 26.2 Å². The summed E-state index contributed by atoms with van der Waals surface area (Å²) in [5.41, 5.74) is -6.04. The van der Waals surface area contributed by atoms with Crippen molar-refractivity contribution in [3.63, 3.8) is 0 Å². The van der Waals surface area contributed by atoms with Gasteiger partial charge in [-0.3, -0.25) is 4.79 Å². The lowest BCUT2D eigenvalue weighted by molar-refractivity contribution is -0.118. The number of alkyl halides is 3. The molecular formula is C16H16F3N3O4S. The van der Waals surface area contributed by atoms with Crippen LogP contribution in [0.5, 0.6) is 11.8 Å². The minimum atomic E-state index is -5.87. The van der Waals surface area contributed by atoms with Crippen molar-refractivity contribution in [2.45, 2.75) is 31.7 Å². The van der Waals surface area contributed by atoms with Crippen molar-refractivity contribution in [2.24, 2.45) is 0 Å². The Labute approximate surface area is 153 Å². The lowest BCUT2D eigenvalue weighted by Gasteiger charge is -2.23. The van der Waals surface area contributed by atoms with Crippen LogP contribution in [0.3, 0.4) is 0 Å². The second-order valence-electron chi connectivity index (χ2n) is 5.34. The maximum absolute atomic E-state index is 13.0. The molecule has 0 fully saturated rings. The van der Waals surface area contributed by atoms with Crippen LogP contribution in [-0.2, 0) is 14.8 Å². The Morgan fingerprint density at radius 1 is 1.15 bits per heavy atom. The van der Waals surface area contributed by atoms with Crippen molar-refractivity contribution in [3.05, 3.63) is 42.7 Å². The average Bonchev–Trinajstić information content (AvgIpc) is 2.61. The van der Waals surface area contributed by atoms with Crippen molar-refractivity contribution >= 4 is 21.6 Å². The number of anilines is 1. The van der Waals surface area contributed by atoms with Gasteiger partial charge in [0.05, 0.1) is 5.69 Å². The molecule has 0 bridgehead atoms. The summed E-state index contributed by atoms with van der Waals surface area (Å²) >= 11 is 0. The fraction of sp³-hybridized carbons (Fsp3) is 0.312. The molecule has 146 valence electrons. The predicted molar refractivity (Wildman–Crippen MR) is 90.5 cm³/mol. The molecule has 0 saturated carbocycles. The molecule has 1 amide bonds. The highest BCUT2D eigenvalue weighted by Crippen LogP contribution is 2.33. The molecule has 27 heavy (non-hydrogen) atoms. The molecular weight excluding hydrogens is 387 g/mol. The number of sulfonamides is 1. The molecule has 2 aromatic rings. The Hall–Kier alpha value is -2.69. The third-order valence-electron chi connectivity index (χ3n) is 3.33. The summed E-state index contributed by atoms with van der Waals surface area (Å²) < 4.78 is 67.8. The predicted octanol–water partition coefficient (Wildman–Crippen LogP) is 3.64. The van der Waals surface area contributed by atoms with Crippen LogP contribution in [-0.4, -0.2) is 29.8 Å². The molecule has 0 aliphatic rings. The highest BCUT2D eigenvalue weighted by atomic mass is 32.2. The number of hydrogen-bond donors (Lipinski definition) is 0. The molecule has 0 aliphatic carbocycles. The summed E-state index contributed by atoms with van der Waals surface area (Å²) in [5.74, 6) is -0.996. The lowest BCUT2D eigenvalue weighted by Crippen LogP contribution is -2.44. The van der Waals surface area contributed by atoms with Gasteiger partial charge in [-0.25, -0.2) is 9.97 Å². The highest BCUT2D eigenvalue weighted by molar-refractivity contribution is 7.94.